The van der Waals surface area contributed by atoms with Crippen LogP contribution in [0, 0.1) is 5.82 Å². The average Bonchev–Trinajstić information content (AvgIpc) is 2.57. The topological polar surface area (TPSA) is 37.8 Å². The molecule has 0 atom stereocenters. The first-order valence-corrected chi connectivity index (χ1v) is 7.18. The Morgan fingerprint density at radius 2 is 1.59 bits per heavy atom. The SMILES string of the molecule is Fc1cccc(CCc2ccccc2)c1Nc1ncccn1. The molecule has 0 aliphatic carbocycles. The van der Waals surface area contributed by atoms with Crippen LogP contribution in [0.4, 0.5) is 16.0 Å². The molecule has 1 N–H and O–H groups in total. The number of nitrogens with one attached hydrogen (secondary N) is 1. The zero-order chi connectivity index (χ0) is 15.2. The normalized spacial score (nSPS) is 10.4. The molecule has 0 spiro atoms. The quantitative estimate of drug-likeness (QED) is 0.768. The Balaban J connectivity index is 1.80. The van der Waals surface area contributed by atoms with Crippen molar-refractivity contribution in [3.8, 4) is 0 Å². The van der Waals surface area contributed by atoms with Gasteiger partial charge in [-0.3, -0.25) is 0 Å². The molecular formula is C18H16FN3. The van der Waals surface area contributed by atoms with Crippen LogP contribution in [0.15, 0.2) is 67.0 Å². The van der Waals surface area contributed by atoms with Crippen molar-refractivity contribution in [3.63, 3.8) is 0 Å². The molecule has 3 rings (SSSR count). The summed E-state index contributed by atoms with van der Waals surface area (Å²) in [6.07, 6.45) is 4.85. The van der Waals surface area contributed by atoms with Crippen molar-refractivity contribution in [1.82, 2.24) is 9.97 Å². The van der Waals surface area contributed by atoms with Gasteiger partial charge < -0.3 is 5.32 Å². The van der Waals surface area contributed by atoms with E-state index in [-0.39, 0.29) is 5.82 Å². The molecule has 4 heteroatoms. The van der Waals surface area contributed by atoms with Crippen LogP contribution in [0.2, 0.25) is 0 Å². The number of nitrogens with zero attached hydrogens (tertiary/aromatic N) is 2. The van der Waals surface area contributed by atoms with Crippen molar-refractivity contribution in [1.29, 1.82) is 0 Å². The van der Waals surface area contributed by atoms with Crippen LogP contribution < -0.4 is 5.32 Å². The van der Waals surface area contributed by atoms with Crippen LogP contribution in [0.5, 0.6) is 0 Å². The predicted octanol–water partition coefficient (Wildman–Crippen LogP) is 4.14. The molecule has 0 saturated carbocycles. The van der Waals surface area contributed by atoms with Crippen LogP contribution >= 0.6 is 0 Å². The minimum Gasteiger partial charge on any atom is -0.321 e. The predicted molar refractivity (Wildman–Crippen MR) is 85.6 cm³/mol. The summed E-state index contributed by atoms with van der Waals surface area (Å²) in [5.74, 6) is 0.103. The Kier molecular flexibility index (Phi) is 4.39. The maximum Gasteiger partial charge on any atom is 0.227 e. The third-order valence-corrected chi connectivity index (χ3v) is 3.43. The Morgan fingerprint density at radius 1 is 0.818 bits per heavy atom. The van der Waals surface area contributed by atoms with Gasteiger partial charge in [0.25, 0.3) is 0 Å². The molecule has 0 fully saturated rings. The van der Waals surface area contributed by atoms with Crippen molar-refractivity contribution < 1.29 is 4.39 Å². The number of halogens is 1. The molecule has 0 amide bonds. The van der Waals surface area contributed by atoms with Crippen LogP contribution in [0.25, 0.3) is 0 Å². The highest BCUT2D eigenvalue weighted by Crippen LogP contribution is 2.24. The van der Waals surface area contributed by atoms with Crippen molar-refractivity contribution in [3.05, 3.63) is 83.9 Å². The van der Waals surface area contributed by atoms with E-state index in [1.807, 2.05) is 24.3 Å². The fourth-order valence-corrected chi connectivity index (χ4v) is 2.32. The van der Waals surface area contributed by atoms with Gasteiger partial charge in [0.1, 0.15) is 5.82 Å². The monoisotopic (exact) mass is 293 g/mol. The third-order valence-electron chi connectivity index (χ3n) is 3.43. The van der Waals surface area contributed by atoms with Crippen LogP contribution in [0.3, 0.4) is 0 Å². The van der Waals surface area contributed by atoms with Gasteiger partial charge in [0.15, 0.2) is 0 Å². The summed E-state index contributed by atoms with van der Waals surface area (Å²) in [6, 6.07) is 17.0. The summed E-state index contributed by atoms with van der Waals surface area (Å²) in [4.78, 5) is 8.17. The molecule has 1 heterocycles. The molecular weight excluding hydrogens is 277 g/mol. The van der Waals surface area contributed by atoms with Crippen molar-refractivity contribution in [2.75, 3.05) is 5.32 Å². The van der Waals surface area contributed by atoms with E-state index in [9.17, 15) is 4.39 Å². The number of benzene rings is 2. The van der Waals surface area contributed by atoms with Gasteiger partial charge in [-0.25, -0.2) is 14.4 Å². The minimum absolute atomic E-state index is 0.294. The van der Waals surface area contributed by atoms with E-state index in [0.717, 1.165) is 18.4 Å². The molecule has 0 radical (unpaired) electrons. The van der Waals surface area contributed by atoms with E-state index in [2.05, 4.69) is 27.4 Å². The van der Waals surface area contributed by atoms with Gasteiger partial charge in [-0.2, -0.15) is 0 Å². The van der Waals surface area contributed by atoms with Gasteiger partial charge in [0, 0.05) is 12.4 Å². The number of hydrogen-bond donors (Lipinski definition) is 1. The Hall–Kier alpha value is -2.75. The molecule has 0 saturated heterocycles. The molecule has 3 nitrogen and oxygen atoms in total. The molecule has 0 aliphatic heterocycles. The molecule has 110 valence electrons. The first-order chi connectivity index (χ1) is 10.8. The van der Waals surface area contributed by atoms with E-state index in [4.69, 9.17) is 0 Å². The number of aryl methyl sites for hydroxylation is 2. The maximum atomic E-state index is 14.1. The second-order valence-electron chi connectivity index (χ2n) is 4.96. The van der Waals surface area contributed by atoms with Gasteiger partial charge in [-0.15, -0.1) is 0 Å². The lowest BCUT2D eigenvalue weighted by Gasteiger charge is -2.12. The summed E-state index contributed by atoms with van der Waals surface area (Å²) in [5, 5.41) is 2.98. The third kappa shape index (κ3) is 3.47. The summed E-state index contributed by atoms with van der Waals surface area (Å²) in [7, 11) is 0. The number of rotatable bonds is 5. The Morgan fingerprint density at radius 3 is 2.36 bits per heavy atom. The standard InChI is InChI=1S/C18H16FN3/c19-16-9-4-8-15(11-10-14-6-2-1-3-7-14)17(16)22-18-20-12-5-13-21-18/h1-9,12-13H,10-11H2,(H,20,21,22). The van der Waals surface area contributed by atoms with E-state index in [1.54, 1.807) is 24.5 Å². The number of anilines is 2. The lowest BCUT2D eigenvalue weighted by molar-refractivity contribution is 0.629. The molecule has 1 aromatic heterocycles. The van der Waals surface area contributed by atoms with Crippen LogP contribution in [-0.2, 0) is 12.8 Å². The molecule has 0 bridgehead atoms. The van der Waals surface area contributed by atoms with E-state index in [1.165, 1.54) is 11.6 Å². The van der Waals surface area contributed by atoms with Crippen molar-refractivity contribution in [2.24, 2.45) is 0 Å². The fraction of sp³-hybridized carbons (Fsp3) is 0.111. The molecule has 3 aromatic rings. The maximum absolute atomic E-state index is 14.1. The highest BCUT2D eigenvalue weighted by Gasteiger charge is 2.10. The number of aromatic nitrogens is 2. The zero-order valence-corrected chi connectivity index (χ0v) is 12.0. The van der Waals surface area contributed by atoms with Gasteiger partial charge >= 0.3 is 0 Å². The lowest BCUT2D eigenvalue weighted by Crippen LogP contribution is -2.03. The highest BCUT2D eigenvalue weighted by atomic mass is 19.1. The summed E-state index contributed by atoms with van der Waals surface area (Å²) in [6.45, 7) is 0. The number of hydrogen-bond acceptors (Lipinski definition) is 3. The van der Waals surface area contributed by atoms with Crippen molar-refractivity contribution in [2.45, 2.75) is 12.8 Å². The molecule has 0 unspecified atom stereocenters. The molecule has 0 aliphatic rings. The first-order valence-electron chi connectivity index (χ1n) is 7.18. The smallest absolute Gasteiger partial charge is 0.227 e. The largest absolute Gasteiger partial charge is 0.321 e. The Bertz CT molecular complexity index is 730. The van der Waals surface area contributed by atoms with Crippen LogP contribution in [0.1, 0.15) is 11.1 Å². The van der Waals surface area contributed by atoms with Gasteiger partial charge in [-0.1, -0.05) is 42.5 Å². The fourth-order valence-electron chi connectivity index (χ4n) is 2.32. The van der Waals surface area contributed by atoms with Crippen molar-refractivity contribution >= 4 is 11.6 Å². The summed E-state index contributed by atoms with van der Waals surface area (Å²) < 4.78 is 14.1. The van der Waals surface area contributed by atoms with Gasteiger partial charge in [0.2, 0.25) is 5.95 Å². The summed E-state index contributed by atoms with van der Waals surface area (Å²) >= 11 is 0. The second kappa shape index (κ2) is 6.80. The number of para-hydroxylation sites is 1. The molecule has 2 aromatic carbocycles. The van der Waals surface area contributed by atoms with Gasteiger partial charge in [0.05, 0.1) is 5.69 Å². The summed E-state index contributed by atoms with van der Waals surface area (Å²) in [5.41, 5.74) is 2.59. The lowest BCUT2D eigenvalue weighted by atomic mass is 10.0. The Labute approximate surface area is 128 Å². The van der Waals surface area contributed by atoms with E-state index in [0.29, 0.717) is 11.6 Å². The second-order valence-corrected chi connectivity index (χ2v) is 4.96. The van der Waals surface area contributed by atoms with Crippen LogP contribution in [-0.4, -0.2) is 9.97 Å². The average molecular weight is 293 g/mol. The molecule has 22 heavy (non-hydrogen) atoms. The highest BCUT2D eigenvalue weighted by molar-refractivity contribution is 5.59. The van der Waals surface area contributed by atoms with E-state index < -0.39 is 0 Å². The van der Waals surface area contributed by atoms with E-state index >= 15 is 0 Å². The van der Waals surface area contributed by atoms with Gasteiger partial charge in [-0.05, 0) is 36.1 Å². The minimum atomic E-state index is -0.294. The first kappa shape index (κ1) is 14.2. The zero-order valence-electron chi connectivity index (χ0n) is 12.0.